The van der Waals surface area contributed by atoms with Crippen LogP contribution < -0.4 is 10.2 Å². The van der Waals surface area contributed by atoms with Crippen LogP contribution in [0.25, 0.3) is 0 Å². The van der Waals surface area contributed by atoms with Gasteiger partial charge in [0, 0.05) is 19.3 Å². The summed E-state index contributed by atoms with van der Waals surface area (Å²) in [5, 5.41) is 2.69. The van der Waals surface area contributed by atoms with E-state index in [9.17, 15) is 9.59 Å². The van der Waals surface area contributed by atoms with Crippen molar-refractivity contribution in [1.82, 2.24) is 9.88 Å². The first-order valence-corrected chi connectivity index (χ1v) is 5.84. The maximum absolute atomic E-state index is 12.0. The molecular weight excluding hydrogens is 234 g/mol. The first-order chi connectivity index (χ1) is 8.38. The van der Waals surface area contributed by atoms with E-state index in [-0.39, 0.29) is 6.03 Å². The van der Waals surface area contributed by atoms with Gasteiger partial charge in [0.2, 0.25) is 0 Å². The highest BCUT2D eigenvalue weighted by molar-refractivity contribution is 5.95. The first-order valence-electron chi connectivity index (χ1n) is 5.84. The lowest BCUT2D eigenvalue weighted by Gasteiger charge is -2.22. The van der Waals surface area contributed by atoms with Gasteiger partial charge >= 0.3 is 12.1 Å². The second-order valence-corrected chi connectivity index (χ2v) is 5.10. The van der Waals surface area contributed by atoms with Crippen molar-refractivity contribution in [1.29, 1.82) is 0 Å². The van der Waals surface area contributed by atoms with E-state index in [0.717, 1.165) is 0 Å². The standard InChI is InChI=1S/C12H17N3O3/c1-12(2,3)18-11(17)15-7-4-5-9(15)14-8-6-13-10(14)16/h4-5,7H,6,8H2,1-3H3,(H,13,16). The summed E-state index contributed by atoms with van der Waals surface area (Å²) in [6.45, 7) is 6.54. The number of hydrogen-bond acceptors (Lipinski definition) is 3. The molecule has 0 bridgehead atoms. The number of ether oxygens (including phenoxy) is 1. The van der Waals surface area contributed by atoms with Crippen LogP contribution in [0.4, 0.5) is 15.4 Å². The Morgan fingerprint density at radius 3 is 2.72 bits per heavy atom. The number of rotatable bonds is 1. The van der Waals surface area contributed by atoms with Crippen molar-refractivity contribution >= 4 is 17.9 Å². The van der Waals surface area contributed by atoms with Gasteiger partial charge in [-0.25, -0.2) is 14.2 Å². The molecule has 6 nitrogen and oxygen atoms in total. The molecule has 1 saturated heterocycles. The zero-order chi connectivity index (χ0) is 13.3. The monoisotopic (exact) mass is 251 g/mol. The SMILES string of the molecule is CC(C)(C)OC(=O)n1cccc1N1CCNC1=O. The fraction of sp³-hybridized carbons (Fsp3) is 0.500. The molecule has 2 heterocycles. The van der Waals surface area contributed by atoms with Gasteiger partial charge in [-0.3, -0.25) is 4.90 Å². The van der Waals surface area contributed by atoms with Crippen LogP contribution in [0.3, 0.4) is 0 Å². The van der Waals surface area contributed by atoms with Crippen LogP contribution in [0, 0.1) is 0 Å². The normalized spacial score (nSPS) is 15.7. The molecule has 1 aromatic rings. The van der Waals surface area contributed by atoms with E-state index >= 15 is 0 Å². The summed E-state index contributed by atoms with van der Waals surface area (Å²) in [6, 6.07) is 3.23. The minimum Gasteiger partial charge on any atom is -0.443 e. The number of amides is 2. The Hall–Kier alpha value is -1.98. The lowest BCUT2D eigenvalue weighted by atomic mass is 10.2. The van der Waals surface area contributed by atoms with Crippen molar-refractivity contribution < 1.29 is 14.3 Å². The van der Waals surface area contributed by atoms with Crippen LogP contribution in [0.15, 0.2) is 18.3 Å². The number of nitrogens with one attached hydrogen (secondary N) is 1. The predicted octanol–water partition coefficient (Wildman–Crippen LogP) is 1.80. The van der Waals surface area contributed by atoms with Gasteiger partial charge in [-0.05, 0) is 32.9 Å². The molecule has 1 aromatic heterocycles. The molecule has 2 amide bonds. The van der Waals surface area contributed by atoms with Gasteiger partial charge in [0.1, 0.15) is 11.4 Å². The van der Waals surface area contributed by atoms with Gasteiger partial charge in [0.15, 0.2) is 0 Å². The zero-order valence-electron chi connectivity index (χ0n) is 10.8. The zero-order valence-corrected chi connectivity index (χ0v) is 10.8. The highest BCUT2D eigenvalue weighted by atomic mass is 16.6. The molecule has 6 heteroatoms. The molecule has 1 aliphatic heterocycles. The third-order valence-corrected chi connectivity index (χ3v) is 2.45. The summed E-state index contributed by atoms with van der Waals surface area (Å²) in [5.41, 5.74) is -0.564. The third kappa shape index (κ3) is 2.47. The fourth-order valence-electron chi connectivity index (χ4n) is 1.75. The van der Waals surface area contributed by atoms with Crippen LogP contribution in [0.2, 0.25) is 0 Å². The highest BCUT2D eigenvalue weighted by Gasteiger charge is 2.27. The van der Waals surface area contributed by atoms with Gasteiger partial charge < -0.3 is 10.1 Å². The van der Waals surface area contributed by atoms with E-state index in [1.807, 2.05) is 0 Å². The summed E-state index contributed by atoms with van der Waals surface area (Å²) in [7, 11) is 0. The average molecular weight is 251 g/mol. The van der Waals surface area contributed by atoms with E-state index in [4.69, 9.17) is 4.74 Å². The Morgan fingerprint density at radius 2 is 2.17 bits per heavy atom. The maximum atomic E-state index is 12.0. The summed E-state index contributed by atoms with van der Waals surface area (Å²) < 4.78 is 6.63. The summed E-state index contributed by atoms with van der Waals surface area (Å²) in [4.78, 5) is 25.1. The number of carbonyl (C=O) groups is 2. The molecule has 18 heavy (non-hydrogen) atoms. The van der Waals surface area contributed by atoms with Crippen LogP contribution in [0.5, 0.6) is 0 Å². The number of carbonyl (C=O) groups excluding carboxylic acids is 2. The van der Waals surface area contributed by atoms with E-state index in [1.165, 1.54) is 9.47 Å². The second kappa shape index (κ2) is 4.36. The first kappa shape index (κ1) is 12.5. The van der Waals surface area contributed by atoms with Crippen molar-refractivity contribution in [2.75, 3.05) is 18.0 Å². The fourth-order valence-corrected chi connectivity index (χ4v) is 1.75. The second-order valence-electron chi connectivity index (χ2n) is 5.10. The van der Waals surface area contributed by atoms with E-state index in [2.05, 4.69) is 5.32 Å². The molecule has 1 aliphatic rings. The Bertz CT molecular complexity index is 473. The van der Waals surface area contributed by atoms with Gasteiger partial charge in [0.25, 0.3) is 0 Å². The number of hydrogen-bond donors (Lipinski definition) is 1. The number of aromatic nitrogens is 1. The van der Waals surface area contributed by atoms with Gasteiger partial charge in [-0.15, -0.1) is 0 Å². The van der Waals surface area contributed by atoms with E-state index < -0.39 is 11.7 Å². The largest absolute Gasteiger partial charge is 0.443 e. The Balaban J connectivity index is 2.22. The Kier molecular flexibility index (Phi) is 3.02. The molecule has 0 aliphatic carbocycles. The molecule has 0 atom stereocenters. The van der Waals surface area contributed by atoms with Crippen LogP contribution >= 0.6 is 0 Å². The lowest BCUT2D eigenvalue weighted by molar-refractivity contribution is 0.0540. The lowest BCUT2D eigenvalue weighted by Crippen LogP contribution is -2.33. The topological polar surface area (TPSA) is 63.6 Å². The molecule has 1 N–H and O–H groups in total. The maximum Gasteiger partial charge on any atom is 0.420 e. The third-order valence-electron chi connectivity index (χ3n) is 2.45. The number of urea groups is 1. The van der Waals surface area contributed by atoms with Gasteiger partial charge in [-0.2, -0.15) is 0 Å². The molecule has 0 spiro atoms. The van der Waals surface area contributed by atoms with Crippen LogP contribution in [-0.2, 0) is 4.74 Å². The number of anilines is 1. The molecule has 0 radical (unpaired) electrons. The smallest absolute Gasteiger partial charge is 0.420 e. The number of nitrogens with zero attached hydrogens (tertiary/aromatic N) is 2. The van der Waals surface area contributed by atoms with Crippen molar-refractivity contribution in [3.8, 4) is 0 Å². The summed E-state index contributed by atoms with van der Waals surface area (Å²) >= 11 is 0. The minimum absolute atomic E-state index is 0.196. The summed E-state index contributed by atoms with van der Waals surface area (Å²) in [5.74, 6) is 0.527. The molecular formula is C12H17N3O3. The van der Waals surface area contributed by atoms with E-state index in [0.29, 0.717) is 18.9 Å². The van der Waals surface area contributed by atoms with Gasteiger partial charge in [0.05, 0.1) is 0 Å². The van der Waals surface area contributed by atoms with Crippen molar-refractivity contribution in [2.24, 2.45) is 0 Å². The van der Waals surface area contributed by atoms with Crippen molar-refractivity contribution in [3.05, 3.63) is 18.3 Å². The Morgan fingerprint density at radius 1 is 1.44 bits per heavy atom. The quantitative estimate of drug-likeness (QED) is 0.827. The molecule has 2 rings (SSSR count). The van der Waals surface area contributed by atoms with Gasteiger partial charge in [-0.1, -0.05) is 0 Å². The minimum atomic E-state index is -0.564. The molecule has 0 saturated carbocycles. The molecule has 0 unspecified atom stereocenters. The van der Waals surface area contributed by atoms with Crippen LogP contribution in [-0.4, -0.2) is 35.4 Å². The van der Waals surface area contributed by atoms with Crippen molar-refractivity contribution in [2.45, 2.75) is 26.4 Å². The predicted molar refractivity (Wildman–Crippen MR) is 66.8 cm³/mol. The molecule has 1 fully saturated rings. The highest BCUT2D eigenvalue weighted by Crippen LogP contribution is 2.19. The van der Waals surface area contributed by atoms with Crippen molar-refractivity contribution in [3.63, 3.8) is 0 Å². The molecule has 98 valence electrons. The van der Waals surface area contributed by atoms with Crippen LogP contribution in [0.1, 0.15) is 20.8 Å². The van der Waals surface area contributed by atoms with E-state index in [1.54, 1.807) is 39.1 Å². The molecule has 0 aromatic carbocycles. The summed E-state index contributed by atoms with van der Waals surface area (Å²) in [6.07, 6.45) is 1.11. The average Bonchev–Trinajstić information content (AvgIpc) is 2.82. The Labute approximate surface area is 106 Å².